The number of aliphatic hydroxyl groups is 1. The summed E-state index contributed by atoms with van der Waals surface area (Å²) >= 11 is 0. The van der Waals surface area contributed by atoms with Crippen molar-refractivity contribution < 1.29 is 5.11 Å². The lowest BCUT2D eigenvalue weighted by molar-refractivity contribution is 0.263. The third kappa shape index (κ3) is 1.17. The number of rotatable bonds is 3. The maximum atomic E-state index is 8.77. The van der Waals surface area contributed by atoms with Crippen LogP contribution in [0.1, 0.15) is 34.1 Å². The average molecular weight is 171 g/mol. The Labute approximate surface area is 75.2 Å². The van der Waals surface area contributed by atoms with Gasteiger partial charge in [0.05, 0.1) is 0 Å². The SMILES string of the molecule is CC1(C)C(C(N)CCO)C1(C)C. The molecule has 0 saturated heterocycles. The highest BCUT2D eigenvalue weighted by Crippen LogP contribution is 2.69. The standard InChI is InChI=1S/C10H21NO/c1-9(2)8(10(9,3)4)7(11)5-6-12/h7-8,12H,5-6,11H2,1-4H3. The van der Waals surface area contributed by atoms with Crippen LogP contribution in [0, 0.1) is 16.7 Å². The van der Waals surface area contributed by atoms with E-state index in [9.17, 15) is 0 Å². The first-order valence-corrected chi connectivity index (χ1v) is 4.72. The van der Waals surface area contributed by atoms with Gasteiger partial charge < -0.3 is 10.8 Å². The lowest BCUT2D eigenvalue weighted by Gasteiger charge is -2.11. The summed E-state index contributed by atoms with van der Waals surface area (Å²) in [5, 5.41) is 8.77. The third-order valence-electron chi connectivity index (χ3n) is 4.02. The number of hydrogen-bond acceptors (Lipinski definition) is 2. The molecule has 1 atom stereocenters. The van der Waals surface area contributed by atoms with Crippen LogP contribution in [0.25, 0.3) is 0 Å². The Morgan fingerprint density at radius 2 is 1.67 bits per heavy atom. The van der Waals surface area contributed by atoms with Crippen LogP contribution in [0.3, 0.4) is 0 Å². The summed E-state index contributed by atoms with van der Waals surface area (Å²) in [4.78, 5) is 0. The molecule has 0 aliphatic heterocycles. The molecule has 1 aliphatic rings. The Bertz CT molecular complexity index is 161. The smallest absolute Gasteiger partial charge is 0.0445 e. The van der Waals surface area contributed by atoms with Gasteiger partial charge in [-0.2, -0.15) is 0 Å². The van der Waals surface area contributed by atoms with E-state index in [0.717, 1.165) is 6.42 Å². The number of hydrogen-bond donors (Lipinski definition) is 2. The Morgan fingerprint density at radius 1 is 1.25 bits per heavy atom. The van der Waals surface area contributed by atoms with Crippen LogP contribution < -0.4 is 5.73 Å². The normalized spacial score (nSPS) is 28.5. The van der Waals surface area contributed by atoms with Gasteiger partial charge >= 0.3 is 0 Å². The maximum absolute atomic E-state index is 8.77. The molecule has 2 heteroatoms. The van der Waals surface area contributed by atoms with Crippen molar-refractivity contribution in [2.45, 2.75) is 40.2 Å². The van der Waals surface area contributed by atoms with Crippen LogP contribution >= 0.6 is 0 Å². The van der Waals surface area contributed by atoms with Crippen LogP contribution in [0.4, 0.5) is 0 Å². The van der Waals surface area contributed by atoms with Gasteiger partial charge in [-0.05, 0) is 23.2 Å². The van der Waals surface area contributed by atoms with Gasteiger partial charge in [0.2, 0.25) is 0 Å². The van der Waals surface area contributed by atoms with Gasteiger partial charge in [-0.25, -0.2) is 0 Å². The highest BCUT2D eigenvalue weighted by atomic mass is 16.3. The Hall–Kier alpha value is -0.0800. The largest absolute Gasteiger partial charge is 0.396 e. The predicted molar refractivity (Wildman–Crippen MR) is 50.7 cm³/mol. The Morgan fingerprint density at radius 3 is 1.92 bits per heavy atom. The van der Waals surface area contributed by atoms with Gasteiger partial charge in [-0.3, -0.25) is 0 Å². The molecule has 1 aliphatic carbocycles. The number of aliphatic hydroxyl groups excluding tert-OH is 1. The van der Waals surface area contributed by atoms with Crippen molar-refractivity contribution in [3.8, 4) is 0 Å². The third-order valence-corrected chi connectivity index (χ3v) is 4.02. The van der Waals surface area contributed by atoms with Crippen molar-refractivity contribution in [2.24, 2.45) is 22.5 Å². The highest BCUT2D eigenvalue weighted by molar-refractivity contribution is 5.15. The van der Waals surface area contributed by atoms with Gasteiger partial charge in [0, 0.05) is 12.6 Å². The van der Waals surface area contributed by atoms with Crippen LogP contribution in [0.15, 0.2) is 0 Å². The van der Waals surface area contributed by atoms with Crippen molar-refractivity contribution in [2.75, 3.05) is 6.61 Å². The zero-order chi connectivity index (χ0) is 9.57. The van der Waals surface area contributed by atoms with Crippen molar-refractivity contribution in [1.82, 2.24) is 0 Å². The molecule has 0 aromatic heterocycles. The molecule has 72 valence electrons. The van der Waals surface area contributed by atoms with E-state index in [4.69, 9.17) is 10.8 Å². The summed E-state index contributed by atoms with van der Waals surface area (Å²) in [5.41, 5.74) is 6.68. The van der Waals surface area contributed by atoms with E-state index >= 15 is 0 Å². The second kappa shape index (κ2) is 2.71. The van der Waals surface area contributed by atoms with E-state index in [0.29, 0.717) is 16.7 Å². The van der Waals surface area contributed by atoms with E-state index in [-0.39, 0.29) is 12.6 Å². The predicted octanol–water partition coefficient (Wildman–Crippen LogP) is 1.38. The summed E-state index contributed by atoms with van der Waals surface area (Å²) in [5.74, 6) is 0.567. The Balaban J connectivity index is 2.58. The summed E-state index contributed by atoms with van der Waals surface area (Å²) < 4.78 is 0. The van der Waals surface area contributed by atoms with Crippen molar-refractivity contribution >= 4 is 0 Å². The molecular weight excluding hydrogens is 150 g/mol. The van der Waals surface area contributed by atoms with Crippen molar-refractivity contribution in [3.05, 3.63) is 0 Å². The molecule has 0 bridgehead atoms. The minimum Gasteiger partial charge on any atom is -0.396 e. The summed E-state index contributed by atoms with van der Waals surface area (Å²) in [7, 11) is 0. The quantitative estimate of drug-likeness (QED) is 0.674. The molecule has 1 fully saturated rings. The zero-order valence-corrected chi connectivity index (χ0v) is 8.59. The first-order valence-electron chi connectivity index (χ1n) is 4.72. The van der Waals surface area contributed by atoms with Gasteiger partial charge in [-0.1, -0.05) is 27.7 Å². The monoisotopic (exact) mass is 171 g/mol. The second-order valence-corrected chi connectivity index (χ2v) is 5.10. The summed E-state index contributed by atoms with van der Waals surface area (Å²) in [6, 6.07) is 0.167. The minimum absolute atomic E-state index is 0.167. The highest BCUT2D eigenvalue weighted by Gasteiger charge is 2.66. The molecule has 0 aromatic rings. The first kappa shape index (κ1) is 10.0. The molecule has 1 unspecified atom stereocenters. The fourth-order valence-corrected chi connectivity index (χ4v) is 2.63. The molecule has 1 rings (SSSR count). The molecule has 0 radical (unpaired) electrons. The fraction of sp³-hybridized carbons (Fsp3) is 1.00. The fourth-order valence-electron chi connectivity index (χ4n) is 2.63. The molecule has 3 N–H and O–H groups in total. The van der Waals surface area contributed by atoms with Crippen LogP contribution in [0.2, 0.25) is 0 Å². The van der Waals surface area contributed by atoms with Crippen molar-refractivity contribution in [3.63, 3.8) is 0 Å². The van der Waals surface area contributed by atoms with E-state index in [2.05, 4.69) is 27.7 Å². The molecule has 0 aromatic carbocycles. The van der Waals surface area contributed by atoms with E-state index < -0.39 is 0 Å². The molecule has 0 spiro atoms. The topological polar surface area (TPSA) is 46.2 Å². The van der Waals surface area contributed by atoms with Gasteiger partial charge in [0.25, 0.3) is 0 Å². The van der Waals surface area contributed by atoms with E-state index in [1.54, 1.807) is 0 Å². The lowest BCUT2D eigenvalue weighted by atomic mass is 10.0. The van der Waals surface area contributed by atoms with Crippen molar-refractivity contribution in [1.29, 1.82) is 0 Å². The minimum atomic E-state index is 0.167. The lowest BCUT2D eigenvalue weighted by Crippen LogP contribution is -2.26. The molecule has 2 nitrogen and oxygen atoms in total. The zero-order valence-electron chi connectivity index (χ0n) is 8.59. The maximum Gasteiger partial charge on any atom is 0.0445 e. The molecule has 0 amide bonds. The van der Waals surface area contributed by atoms with Crippen LogP contribution in [0.5, 0.6) is 0 Å². The van der Waals surface area contributed by atoms with Gasteiger partial charge in [0.15, 0.2) is 0 Å². The molecule has 12 heavy (non-hydrogen) atoms. The van der Waals surface area contributed by atoms with E-state index in [1.807, 2.05) is 0 Å². The van der Waals surface area contributed by atoms with Gasteiger partial charge in [0.1, 0.15) is 0 Å². The van der Waals surface area contributed by atoms with E-state index in [1.165, 1.54) is 0 Å². The first-order chi connectivity index (χ1) is 5.35. The average Bonchev–Trinajstić information content (AvgIpc) is 2.24. The van der Waals surface area contributed by atoms with Crippen LogP contribution in [-0.2, 0) is 0 Å². The van der Waals surface area contributed by atoms with Gasteiger partial charge in [-0.15, -0.1) is 0 Å². The number of nitrogens with two attached hydrogens (primary N) is 1. The molecule has 1 saturated carbocycles. The summed E-state index contributed by atoms with van der Waals surface area (Å²) in [6.45, 7) is 9.25. The second-order valence-electron chi connectivity index (χ2n) is 5.10. The summed E-state index contributed by atoms with van der Waals surface area (Å²) in [6.07, 6.45) is 0.734. The Kier molecular flexibility index (Phi) is 2.26. The molecule has 0 heterocycles. The van der Waals surface area contributed by atoms with Crippen LogP contribution in [-0.4, -0.2) is 17.8 Å². The molecular formula is C10H21NO.